The SMILES string of the molecule is Nc1ccnc(CSc2ccc(C(F)(F)F)cn2)c1. The largest absolute Gasteiger partial charge is 0.417 e. The van der Waals surface area contributed by atoms with E-state index in [4.69, 9.17) is 5.73 Å². The third kappa shape index (κ3) is 3.85. The van der Waals surface area contributed by atoms with Crippen LogP contribution in [0, 0.1) is 0 Å². The Bertz CT molecular complexity index is 555. The normalized spacial score (nSPS) is 11.5. The number of nitrogens with zero attached hydrogens (tertiary/aromatic N) is 2. The fourth-order valence-corrected chi connectivity index (χ4v) is 2.10. The number of pyridine rings is 2. The van der Waals surface area contributed by atoms with E-state index in [1.54, 1.807) is 18.3 Å². The molecule has 0 aromatic carbocycles. The average molecular weight is 285 g/mol. The lowest BCUT2D eigenvalue weighted by atomic mass is 10.3. The van der Waals surface area contributed by atoms with Crippen molar-refractivity contribution in [1.29, 1.82) is 0 Å². The molecule has 0 amide bonds. The molecule has 0 atom stereocenters. The van der Waals surface area contributed by atoms with Gasteiger partial charge in [-0.2, -0.15) is 13.2 Å². The average Bonchev–Trinajstić information content (AvgIpc) is 2.36. The number of hydrogen-bond acceptors (Lipinski definition) is 4. The van der Waals surface area contributed by atoms with Crippen LogP contribution in [0.3, 0.4) is 0 Å². The second-order valence-corrected chi connectivity index (χ2v) is 4.75. The molecule has 100 valence electrons. The van der Waals surface area contributed by atoms with Crippen molar-refractivity contribution in [3.05, 3.63) is 47.9 Å². The van der Waals surface area contributed by atoms with Gasteiger partial charge in [-0.15, -0.1) is 11.8 Å². The van der Waals surface area contributed by atoms with Crippen LogP contribution in [0.1, 0.15) is 11.3 Å². The van der Waals surface area contributed by atoms with Gasteiger partial charge in [-0.3, -0.25) is 4.98 Å². The molecule has 0 aliphatic carbocycles. The molecular formula is C12H10F3N3S. The standard InChI is InChI=1S/C12H10F3N3S/c13-12(14,15)8-1-2-11(18-6-8)19-7-10-5-9(16)3-4-17-10/h1-6H,7H2,(H2,16,17). The van der Waals surface area contributed by atoms with Crippen LogP contribution >= 0.6 is 11.8 Å². The fraction of sp³-hybridized carbons (Fsp3) is 0.167. The highest BCUT2D eigenvalue weighted by atomic mass is 32.2. The van der Waals surface area contributed by atoms with Crippen molar-refractivity contribution >= 4 is 17.4 Å². The second-order valence-electron chi connectivity index (χ2n) is 3.75. The van der Waals surface area contributed by atoms with Gasteiger partial charge in [0.05, 0.1) is 16.3 Å². The number of aromatic nitrogens is 2. The molecule has 3 nitrogen and oxygen atoms in total. The van der Waals surface area contributed by atoms with Crippen molar-refractivity contribution in [1.82, 2.24) is 9.97 Å². The Morgan fingerprint density at radius 1 is 1.16 bits per heavy atom. The van der Waals surface area contributed by atoms with Gasteiger partial charge in [0.2, 0.25) is 0 Å². The second kappa shape index (κ2) is 5.48. The molecule has 0 aliphatic heterocycles. The first-order valence-corrected chi connectivity index (χ1v) is 6.30. The number of nitrogen functional groups attached to an aromatic ring is 1. The minimum absolute atomic E-state index is 0.503. The lowest BCUT2D eigenvalue weighted by molar-refractivity contribution is -0.137. The van der Waals surface area contributed by atoms with Crippen LogP contribution in [-0.4, -0.2) is 9.97 Å². The molecule has 19 heavy (non-hydrogen) atoms. The monoisotopic (exact) mass is 285 g/mol. The number of halogens is 3. The summed E-state index contributed by atoms with van der Waals surface area (Å²) in [5.74, 6) is 0.503. The first kappa shape index (κ1) is 13.7. The molecule has 2 aromatic rings. The summed E-state index contributed by atoms with van der Waals surface area (Å²) in [5.41, 5.74) is 6.21. The lowest BCUT2D eigenvalue weighted by Crippen LogP contribution is -2.05. The van der Waals surface area contributed by atoms with E-state index < -0.39 is 11.7 Å². The maximum Gasteiger partial charge on any atom is 0.417 e. The molecule has 0 saturated carbocycles. The fourth-order valence-electron chi connectivity index (χ4n) is 1.36. The highest BCUT2D eigenvalue weighted by Gasteiger charge is 2.30. The van der Waals surface area contributed by atoms with Gasteiger partial charge in [0.25, 0.3) is 0 Å². The predicted molar refractivity (Wildman–Crippen MR) is 67.4 cm³/mol. The predicted octanol–water partition coefficient (Wildman–Crippen LogP) is 3.37. The van der Waals surface area contributed by atoms with E-state index in [9.17, 15) is 13.2 Å². The summed E-state index contributed by atoms with van der Waals surface area (Å²) in [7, 11) is 0. The van der Waals surface area contributed by atoms with Crippen molar-refractivity contribution in [3.8, 4) is 0 Å². The summed E-state index contributed by atoms with van der Waals surface area (Å²) >= 11 is 1.31. The third-order valence-electron chi connectivity index (χ3n) is 2.27. The molecule has 7 heteroatoms. The van der Waals surface area contributed by atoms with Gasteiger partial charge in [-0.25, -0.2) is 4.98 Å². The van der Waals surface area contributed by atoms with Crippen LogP contribution in [0.4, 0.5) is 18.9 Å². The minimum Gasteiger partial charge on any atom is -0.399 e. The quantitative estimate of drug-likeness (QED) is 0.878. The molecular weight excluding hydrogens is 275 g/mol. The molecule has 0 spiro atoms. The summed E-state index contributed by atoms with van der Waals surface area (Å²) in [4.78, 5) is 7.87. The van der Waals surface area contributed by atoms with Crippen molar-refractivity contribution in [3.63, 3.8) is 0 Å². The van der Waals surface area contributed by atoms with Crippen LogP contribution in [0.2, 0.25) is 0 Å². The van der Waals surface area contributed by atoms with Gasteiger partial charge < -0.3 is 5.73 Å². The smallest absolute Gasteiger partial charge is 0.399 e. The number of alkyl halides is 3. The van der Waals surface area contributed by atoms with Gasteiger partial charge in [-0.05, 0) is 24.3 Å². The Balaban J connectivity index is 2.01. The number of anilines is 1. The molecule has 0 radical (unpaired) electrons. The Kier molecular flexibility index (Phi) is 3.94. The molecule has 2 heterocycles. The van der Waals surface area contributed by atoms with Crippen LogP contribution in [0.25, 0.3) is 0 Å². The van der Waals surface area contributed by atoms with E-state index in [0.29, 0.717) is 16.5 Å². The van der Waals surface area contributed by atoms with Crippen molar-refractivity contribution in [2.75, 3.05) is 5.73 Å². The van der Waals surface area contributed by atoms with Gasteiger partial charge in [-0.1, -0.05) is 0 Å². The number of rotatable bonds is 3. The van der Waals surface area contributed by atoms with Gasteiger partial charge >= 0.3 is 6.18 Å². The zero-order chi connectivity index (χ0) is 13.9. The molecule has 2 N–H and O–H groups in total. The van der Waals surface area contributed by atoms with Crippen LogP contribution in [0.5, 0.6) is 0 Å². The topological polar surface area (TPSA) is 51.8 Å². The van der Waals surface area contributed by atoms with Crippen molar-refractivity contribution in [2.45, 2.75) is 17.0 Å². The zero-order valence-corrected chi connectivity index (χ0v) is 10.5. The van der Waals surface area contributed by atoms with Gasteiger partial charge in [0.15, 0.2) is 0 Å². The van der Waals surface area contributed by atoms with Crippen molar-refractivity contribution in [2.24, 2.45) is 0 Å². The van der Waals surface area contributed by atoms with E-state index in [1.807, 2.05) is 0 Å². The van der Waals surface area contributed by atoms with E-state index in [2.05, 4.69) is 9.97 Å². The minimum atomic E-state index is -4.36. The highest BCUT2D eigenvalue weighted by Crippen LogP contribution is 2.30. The molecule has 0 aliphatic rings. The number of nitrogens with two attached hydrogens (primary N) is 1. The summed E-state index contributed by atoms with van der Waals surface area (Å²) in [6.07, 6.45) is -1.94. The highest BCUT2D eigenvalue weighted by molar-refractivity contribution is 7.98. The molecule has 0 fully saturated rings. The van der Waals surface area contributed by atoms with Crippen molar-refractivity contribution < 1.29 is 13.2 Å². The Labute approximate surface area is 112 Å². The summed E-state index contributed by atoms with van der Waals surface area (Å²) in [5, 5.41) is 0.511. The first-order chi connectivity index (χ1) is 8.95. The molecule has 2 aromatic heterocycles. The van der Waals surface area contributed by atoms with E-state index >= 15 is 0 Å². The third-order valence-corrected chi connectivity index (χ3v) is 3.25. The molecule has 0 unspecified atom stereocenters. The summed E-state index contributed by atoms with van der Waals surface area (Å²) in [6.45, 7) is 0. The van der Waals surface area contributed by atoms with Crippen LogP contribution in [-0.2, 0) is 11.9 Å². The van der Waals surface area contributed by atoms with Crippen LogP contribution < -0.4 is 5.73 Å². The van der Waals surface area contributed by atoms with E-state index in [-0.39, 0.29) is 0 Å². The van der Waals surface area contributed by atoms with E-state index in [1.165, 1.54) is 17.8 Å². The number of hydrogen-bond donors (Lipinski definition) is 1. The maximum absolute atomic E-state index is 12.3. The molecule has 2 rings (SSSR count). The summed E-state index contributed by atoms with van der Waals surface area (Å²) < 4.78 is 37.0. The number of thioether (sulfide) groups is 1. The lowest BCUT2D eigenvalue weighted by Gasteiger charge is -2.06. The Morgan fingerprint density at radius 3 is 2.53 bits per heavy atom. The maximum atomic E-state index is 12.3. The van der Waals surface area contributed by atoms with Gasteiger partial charge in [0.1, 0.15) is 0 Å². The molecule has 0 saturated heterocycles. The van der Waals surface area contributed by atoms with E-state index in [0.717, 1.165) is 18.0 Å². The first-order valence-electron chi connectivity index (χ1n) is 5.31. The summed E-state index contributed by atoms with van der Waals surface area (Å²) in [6, 6.07) is 5.75. The Morgan fingerprint density at radius 2 is 1.95 bits per heavy atom. The van der Waals surface area contributed by atoms with Crippen LogP contribution in [0.15, 0.2) is 41.7 Å². The molecule has 0 bridgehead atoms. The Hall–Kier alpha value is -1.76. The van der Waals surface area contributed by atoms with Gasteiger partial charge in [0, 0.05) is 23.8 Å². The zero-order valence-electron chi connectivity index (χ0n) is 9.69.